The smallest absolute Gasteiger partial charge is 0.243 e. The minimum Gasteiger partial charge on any atom is -0.373 e. The summed E-state index contributed by atoms with van der Waals surface area (Å²) in [6.07, 6.45) is 0. The van der Waals surface area contributed by atoms with Gasteiger partial charge in [0, 0.05) is 18.7 Å². The molecule has 6 heteroatoms. The van der Waals surface area contributed by atoms with Gasteiger partial charge in [0.05, 0.1) is 23.6 Å². The second-order valence-corrected chi connectivity index (χ2v) is 7.41. The minimum absolute atomic E-state index is 0.276. The molecule has 1 aliphatic rings. The molecule has 1 aromatic carbocycles. The number of benzene rings is 1. The maximum absolute atomic E-state index is 12.6. The maximum Gasteiger partial charge on any atom is 0.243 e. The molecule has 1 heterocycles. The summed E-state index contributed by atoms with van der Waals surface area (Å²) in [7, 11) is -3.49. The van der Waals surface area contributed by atoms with Crippen LogP contribution in [0.1, 0.15) is 19.4 Å². The van der Waals surface area contributed by atoms with Gasteiger partial charge in [-0.15, -0.1) is 0 Å². The van der Waals surface area contributed by atoms with Crippen molar-refractivity contribution in [1.29, 1.82) is 0 Å². The molecule has 0 aliphatic carbocycles. The van der Waals surface area contributed by atoms with Crippen molar-refractivity contribution < 1.29 is 13.2 Å². The lowest BCUT2D eigenvalue weighted by molar-refractivity contribution is -0.0640. The van der Waals surface area contributed by atoms with Crippen LogP contribution in [0, 0.1) is 11.8 Å². The summed E-state index contributed by atoms with van der Waals surface area (Å²) in [5.74, 6) is 5.61. The van der Waals surface area contributed by atoms with Crippen molar-refractivity contribution in [2.24, 2.45) is 5.73 Å². The fourth-order valence-electron chi connectivity index (χ4n) is 2.19. The fourth-order valence-corrected chi connectivity index (χ4v) is 3.76. The second-order valence-electron chi connectivity index (χ2n) is 5.48. The number of sulfonamides is 1. The van der Waals surface area contributed by atoms with E-state index in [9.17, 15) is 8.42 Å². The first kappa shape index (κ1) is 16.0. The van der Waals surface area contributed by atoms with E-state index in [0.717, 1.165) is 5.56 Å². The third kappa shape index (κ3) is 3.83. The van der Waals surface area contributed by atoms with Gasteiger partial charge in [-0.1, -0.05) is 11.8 Å². The van der Waals surface area contributed by atoms with Gasteiger partial charge in [-0.25, -0.2) is 8.42 Å². The molecule has 5 nitrogen and oxygen atoms in total. The van der Waals surface area contributed by atoms with Crippen LogP contribution < -0.4 is 5.73 Å². The molecule has 1 saturated heterocycles. The highest BCUT2D eigenvalue weighted by Crippen LogP contribution is 2.23. The molecule has 0 aromatic heterocycles. The average Bonchev–Trinajstić information content (AvgIpc) is 2.44. The lowest BCUT2D eigenvalue weighted by Crippen LogP contribution is -2.50. The first-order valence-corrected chi connectivity index (χ1v) is 8.22. The molecule has 0 saturated carbocycles. The topological polar surface area (TPSA) is 72.6 Å². The van der Waals surface area contributed by atoms with E-state index in [1.54, 1.807) is 24.3 Å². The third-order valence-corrected chi connectivity index (χ3v) is 5.08. The SMILES string of the molecule is CC1(C)CN(S(=O)(=O)c2ccc(C#CCN)cc2)CCO1. The van der Waals surface area contributed by atoms with Crippen molar-refractivity contribution in [2.45, 2.75) is 24.3 Å². The summed E-state index contributed by atoms with van der Waals surface area (Å²) in [4.78, 5) is 0.276. The maximum atomic E-state index is 12.6. The Bertz CT molecular complexity index is 654. The van der Waals surface area contributed by atoms with Gasteiger partial charge in [0.15, 0.2) is 0 Å². The largest absolute Gasteiger partial charge is 0.373 e. The number of morpholine rings is 1. The Kier molecular flexibility index (Phi) is 4.69. The van der Waals surface area contributed by atoms with Crippen LogP contribution in [0.2, 0.25) is 0 Å². The summed E-state index contributed by atoms with van der Waals surface area (Å²) >= 11 is 0. The van der Waals surface area contributed by atoms with E-state index in [4.69, 9.17) is 10.5 Å². The zero-order chi connectivity index (χ0) is 15.5. The highest BCUT2D eigenvalue weighted by molar-refractivity contribution is 7.89. The number of ether oxygens (including phenoxy) is 1. The Balaban J connectivity index is 2.23. The molecular formula is C15H20N2O3S. The standard InChI is InChI=1S/C15H20N2O3S/c1-15(2)12-17(10-11-20-15)21(18,19)14-7-5-13(6-8-14)4-3-9-16/h5-8H,9-12,16H2,1-2H3. The van der Waals surface area contributed by atoms with Crippen molar-refractivity contribution in [2.75, 3.05) is 26.2 Å². The van der Waals surface area contributed by atoms with Crippen molar-refractivity contribution in [1.82, 2.24) is 4.31 Å². The molecule has 114 valence electrons. The molecule has 0 spiro atoms. The van der Waals surface area contributed by atoms with Crippen LogP contribution in [0.3, 0.4) is 0 Å². The molecule has 0 radical (unpaired) electrons. The predicted molar refractivity (Wildman–Crippen MR) is 81.2 cm³/mol. The lowest BCUT2D eigenvalue weighted by Gasteiger charge is -2.37. The fraction of sp³-hybridized carbons (Fsp3) is 0.467. The first-order chi connectivity index (χ1) is 9.85. The van der Waals surface area contributed by atoms with Gasteiger partial charge in [-0.3, -0.25) is 0 Å². The monoisotopic (exact) mass is 308 g/mol. The minimum atomic E-state index is -3.49. The number of hydrogen-bond donors (Lipinski definition) is 1. The van der Waals surface area contributed by atoms with Crippen LogP contribution >= 0.6 is 0 Å². The molecule has 0 bridgehead atoms. The van der Waals surface area contributed by atoms with Gasteiger partial charge < -0.3 is 10.5 Å². The molecular weight excluding hydrogens is 288 g/mol. The van der Waals surface area contributed by atoms with Crippen LogP contribution in [0.4, 0.5) is 0 Å². The normalized spacial score (nSPS) is 18.8. The highest BCUT2D eigenvalue weighted by Gasteiger charge is 2.34. The predicted octanol–water partition coefficient (Wildman–Crippen LogP) is 0.796. The van der Waals surface area contributed by atoms with E-state index in [0.29, 0.717) is 19.7 Å². The Labute approximate surface area is 126 Å². The lowest BCUT2D eigenvalue weighted by atomic mass is 10.1. The highest BCUT2D eigenvalue weighted by atomic mass is 32.2. The van der Waals surface area contributed by atoms with Crippen LogP contribution in [0.5, 0.6) is 0 Å². The third-order valence-electron chi connectivity index (χ3n) is 3.22. The number of nitrogens with two attached hydrogens (primary N) is 1. The summed E-state index contributed by atoms with van der Waals surface area (Å²) in [6.45, 7) is 5.19. The molecule has 2 N–H and O–H groups in total. The van der Waals surface area contributed by atoms with Gasteiger partial charge in [0.2, 0.25) is 10.0 Å². The Morgan fingerprint density at radius 3 is 2.57 bits per heavy atom. The Morgan fingerprint density at radius 2 is 2.00 bits per heavy atom. The molecule has 1 fully saturated rings. The van der Waals surface area contributed by atoms with E-state index >= 15 is 0 Å². The average molecular weight is 308 g/mol. The van der Waals surface area contributed by atoms with E-state index < -0.39 is 15.6 Å². The number of nitrogens with zero attached hydrogens (tertiary/aromatic N) is 1. The molecule has 0 atom stereocenters. The second kappa shape index (κ2) is 6.16. The van der Waals surface area contributed by atoms with Gasteiger partial charge in [0.1, 0.15) is 0 Å². The van der Waals surface area contributed by atoms with Crippen LogP contribution in [-0.2, 0) is 14.8 Å². The van der Waals surface area contributed by atoms with E-state index in [1.807, 2.05) is 13.8 Å². The number of hydrogen-bond acceptors (Lipinski definition) is 4. The molecule has 2 rings (SSSR count). The summed E-state index contributed by atoms with van der Waals surface area (Å²) < 4.78 is 32.3. The van der Waals surface area contributed by atoms with Crippen LogP contribution in [0.15, 0.2) is 29.2 Å². The molecule has 1 aliphatic heterocycles. The summed E-state index contributed by atoms with van der Waals surface area (Å²) in [5.41, 5.74) is 5.60. The Hall–Kier alpha value is -1.39. The number of rotatable bonds is 2. The van der Waals surface area contributed by atoms with Crippen molar-refractivity contribution >= 4 is 10.0 Å². The molecule has 1 aromatic rings. The molecule has 0 unspecified atom stereocenters. The van der Waals surface area contributed by atoms with Crippen LogP contribution in [-0.4, -0.2) is 44.6 Å². The first-order valence-electron chi connectivity index (χ1n) is 6.78. The van der Waals surface area contributed by atoms with Crippen molar-refractivity contribution in [3.05, 3.63) is 29.8 Å². The van der Waals surface area contributed by atoms with E-state index in [2.05, 4.69) is 11.8 Å². The zero-order valence-electron chi connectivity index (χ0n) is 12.3. The summed E-state index contributed by atoms with van der Waals surface area (Å²) in [5, 5.41) is 0. The van der Waals surface area contributed by atoms with Gasteiger partial charge in [-0.2, -0.15) is 4.31 Å². The van der Waals surface area contributed by atoms with Crippen molar-refractivity contribution in [3.8, 4) is 11.8 Å². The summed E-state index contributed by atoms with van der Waals surface area (Å²) in [6, 6.07) is 6.55. The van der Waals surface area contributed by atoms with E-state index in [-0.39, 0.29) is 11.4 Å². The van der Waals surface area contributed by atoms with Crippen molar-refractivity contribution in [3.63, 3.8) is 0 Å². The Morgan fingerprint density at radius 1 is 1.33 bits per heavy atom. The molecule has 0 amide bonds. The molecule has 21 heavy (non-hydrogen) atoms. The zero-order valence-corrected chi connectivity index (χ0v) is 13.1. The van der Waals surface area contributed by atoms with Gasteiger partial charge in [0.25, 0.3) is 0 Å². The van der Waals surface area contributed by atoms with Gasteiger partial charge in [-0.05, 0) is 38.1 Å². The van der Waals surface area contributed by atoms with E-state index in [1.165, 1.54) is 4.31 Å². The van der Waals surface area contributed by atoms with Gasteiger partial charge >= 0.3 is 0 Å². The quantitative estimate of drug-likeness (QED) is 0.820. The van der Waals surface area contributed by atoms with Crippen LogP contribution in [0.25, 0.3) is 0 Å².